The Morgan fingerprint density at radius 3 is 2.43 bits per heavy atom. The zero-order valence-electron chi connectivity index (χ0n) is 16.7. The highest BCUT2D eigenvalue weighted by Gasteiger charge is 2.35. The monoisotopic (exact) mass is 373 g/mol. The first kappa shape index (κ1) is 18.7. The van der Waals surface area contributed by atoms with Crippen molar-refractivity contribution < 1.29 is 14.2 Å². The van der Waals surface area contributed by atoms with E-state index in [1.165, 1.54) is 0 Å². The van der Waals surface area contributed by atoms with Crippen LogP contribution >= 0.6 is 0 Å². The van der Waals surface area contributed by atoms with Gasteiger partial charge in [-0.05, 0) is 44.6 Å². The molecular formula is C23H24BNO3. The molecule has 0 aliphatic heterocycles. The summed E-state index contributed by atoms with van der Waals surface area (Å²) in [5.41, 5.74) is 1.84. The molecule has 28 heavy (non-hydrogen) atoms. The van der Waals surface area contributed by atoms with Crippen LogP contribution in [0, 0.1) is 0 Å². The van der Waals surface area contributed by atoms with Crippen LogP contribution in [0.3, 0.4) is 0 Å². The zero-order chi connectivity index (χ0) is 19.9. The summed E-state index contributed by atoms with van der Waals surface area (Å²) >= 11 is 0. The lowest BCUT2D eigenvalue weighted by molar-refractivity contribution is -0.0893. The fourth-order valence-electron chi connectivity index (χ4n) is 3.07. The van der Waals surface area contributed by atoms with Crippen molar-refractivity contribution in [3.63, 3.8) is 0 Å². The second kappa shape index (κ2) is 6.76. The third-order valence-electron chi connectivity index (χ3n) is 5.59. The second-order valence-corrected chi connectivity index (χ2v) is 8.17. The number of aliphatic hydroxyl groups is 1. The van der Waals surface area contributed by atoms with Gasteiger partial charge in [0.1, 0.15) is 5.52 Å². The average Bonchev–Trinajstić information content (AvgIpc) is 3.10. The van der Waals surface area contributed by atoms with E-state index in [-0.39, 0.29) is 0 Å². The molecule has 1 N–H and O–H groups in total. The molecule has 0 spiro atoms. The maximum Gasteiger partial charge on any atom is 0.310 e. The van der Waals surface area contributed by atoms with Crippen LogP contribution in [0.15, 0.2) is 65.1 Å². The Balaban J connectivity index is 1.73. The maximum absolute atomic E-state index is 10.3. The highest BCUT2D eigenvalue weighted by molar-refractivity contribution is 6.49. The van der Waals surface area contributed by atoms with E-state index in [1.54, 1.807) is 13.8 Å². The van der Waals surface area contributed by atoms with E-state index in [4.69, 9.17) is 14.1 Å². The average molecular weight is 373 g/mol. The Bertz CT molecular complexity index is 1140. The van der Waals surface area contributed by atoms with E-state index in [0.29, 0.717) is 13.4 Å². The van der Waals surface area contributed by atoms with Crippen LogP contribution in [0.25, 0.3) is 33.3 Å². The molecule has 0 amide bonds. The quantitative estimate of drug-likeness (QED) is 0.533. The van der Waals surface area contributed by atoms with Gasteiger partial charge in [-0.1, -0.05) is 54.6 Å². The van der Waals surface area contributed by atoms with Gasteiger partial charge in [-0.3, -0.25) is 0 Å². The first-order chi connectivity index (χ1) is 13.3. The number of oxazole rings is 1. The van der Waals surface area contributed by atoms with Gasteiger partial charge in [-0.25, -0.2) is 4.98 Å². The lowest BCUT2D eigenvalue weighted by atomic mass is 9.80. The summed E-state index contributed by atoms with van der Waals surface area (Å²) in [6, 6.07) is 20.1. The summed E-state index contributed by atoms with van der Waals surface area (Å²) in [5, 5.41) is 12.6. The van der Waals surface area contributed by atoms with E-state index in [2.05, 4.69) is 12.1 Å². The maximum atomic E-state index is 10.3. The molecule has 5 heteroatoms. The Labute approximate surface area is 165 Å². The summed E-state index contributed by atoms with van der Waals surface area (Å²) in [7, 11) is 0.354. The van der Waals surface area contributed by atoms with Crippen molar-refractivity contribution >= 4 is 34.8 Å². The molecule has 0 atom stereocenters. The Morgan fingerprint density at radius 2 is 1.64 bits per heavy atom. The second-order valence-electron chi connectivity index (χ2n) is 8.17. The van der Waals surface area contributed by atoms with Crippen LogP contribution < -0.4 is 5.46 Å². The molecule has 1 heterocycles. The first-order valence-electron chi connectivity index (χ1n) is 9.49. The number of hydrogen-bond donors (Lipinski definition) is 1. The van der Waals surface area contributed by atoms with Gasteiger partial charge in [0.05, 0.1) is 11.2 Å². The lowest BCUT2D eigenvalue weighted by Crippen LogP contribution is -2.49. The predicted molar refractivity (Wildman–Crippen MR) is 115 cm³/mol. The fraction of sp³-hybridized carbons (Fsp3) is 0.261. The van der Waals surface area contributed by atoms with E-state index in [9.17, 15) is 5.11 Å². The minimum absolute atomic E-state index is 0.354. The summed E-state index contributed by atoms with van der Waals surface area (Å²) < 4.78 is 12.2. The van der Waals surface area contributed by atoms with Crippen LogP contribution in [0.2, 0.25) is 0 Å². The number of rotatable bonds is 5. The van der Waals surface area contributed by atoms with Crippen LogP contribution in [0.1, 0.15) is 27.7 Å². The Kier molecular flexibility index (Phi) is 4.52. The molecule has 0 fully saturated rings. The third kappa shape index (κ3) is 3.32. The number of fused-ring (bicyclic) bond motifs is 3. The molecule has 0 radical (unpaired) electrons. The first-order valence-corrected chi connectivity index (χ1v) is 9.49. The van der Waals surface area contributed by atoms with Crippen molar-refractivity contribution in [2.45, 2.75) is 38.9 Å². The standard InChI is InChI=1S/C23H24BNO3/c1-22(2,26)23(3,4)28-24-18-12-8-7-11-17(18)21-25-20-16-10-6-5-9-15(16)13-14-19(20)27-21/h5-14,24,26H,1-4H3. The van der Waals surface area contributed by atoms with Gasteiger partial charge >= 0.3 is 7.48 Å². The SMILES string of the molecule is CC(C)(O)C(C)(C)OBc1ccccc1-c1nc2c(ccc3ccccc32)o1. The van der Waals surface area contributed by atoms with Crippen molar-refractivity contribution in [1.82, 2.24) is 4.98 Å². The minimum atomic E-state index is -0.960. The molecule has 3 aromatic carbocycles. The topological polar surface area (TPSA) is 55.5 Å². The normalized spacial score (nSPS) is 12.6. The van der Waals surface area contributed by atoms with Gasteiger partial charge in [0, 0.05) is 10.9 Å². The highest BCUT2D eigenvalue weighted by atomic mass is 16.5. The molecule has 0 saturated carbocycles. The molecule has 1 aromatic heterocycles. The van der Waals surface area contributed by atoms with Crippen molar-refractivity contribution in [2.75, 3.05) is 0 Å². The molecular weight excluding hydrogens is 349 g/mol. The van der Waals surface area contributed by atoms with Crippen molar-refractivity contribution in [3.05, 3.63) is 60.7 Å². The van der Waals surface area contributed by atoms with Gasteiger partial charge in [0.2, 0.25) is 5.89 Å². The molecule has 0 aliphatic carbocycles. The van der Waals surface area contributed by atoms with Gasteiger partial charge in [-0.2, -0.15) is 0 Å². The van der Waals surface area contributed by atoms with Gasteiger partial charge < -0.3 is 14.2 Å². The van der Waals surface area contributed by atoms with Gasteiger partial charge in [0.25, 0.3) is 0 Å². The van der Waals surface area contributed by atoms with Crippen molar-refractivity contribution in [1.29, 1.82) is 0 Å². The molecule has 4 aromatic rings. The van der Waals surface area contributed by atoms with Gasteiger partial charge in [0.15, 0.2) is 5.58 Å². The summed E-state index contributed by atoms with van der Waals surface area (Å²) in [6.07, 6.45) is 0. The summed E-state index contributed by atoms with van der Waals surface area (Å²) in [4.78, 5) is 4.79. The van der Waals surface area contributed by atoms with E-state index in [1.807, 2.05) is 62.4 Å². The summed E-state index contributed by atoms with van der Waals surface area (Å²) in [5.74, 6) is 0.576. The van der Waals surface area contributed by atoms with Crippen LogP contribution in [-0.2, 0) is 4.65 Å². The third-order valence-corrected chi connectivity index (χ3v) is 5.59. The summed E-state index contributed by atoms with van der Waals surface area (Å²) in [6.45, 7) is 7.29. The van der Waals surface area contributed by atoms with E-state index >= 15 is 0 Å². The molecule has 142 valence electrons. The van der Waals surface area contributed by atoms with Crippen LogP contribution in [-0.4, -0.2) is 28.8 Å². The Morgan fingerprint density at radius 1 is 0.929 bits per heavy atom. The predicted octanol–water partition coefficient (Wildman–Crippen LogP) is 4.19. The Hall–Kier alpha value is -2.63. The molecule has 4 nitrogen and oxygen atoms in total. The zero-order valence-corrected chi connectivity index (χ0v) is 16.7. The van der Waals surface area contributed by atoms with Crippen LogP contribution in [0.4, 0.5) is 0 Å². The fourth-order valence-corrected chi connectivity index (χ4v) is 3.07. The number of benzene rings is 3. The van der Waals surface area contributed by atoms with E-state index < -0.39 is 11.2 Å². The molecule has 0 bridgehead atoms. The minimum Gasteiger partial charge on any atom is -0.436 e. The van der Waals surface area contributed by atoms with Crippen LogP contribution in [0.5, 0.6) is 0 Å². The molecule has 0 saturated heterocycles. The van der Waals surface area contributed by atoms with Gasteiger partial charge in [-0.15, -0.1) is 0 Å². The number of nitrogens with zero attached hydrogens (tertiary/aromatic N) is 1. The van der Waals surface area contributed by atoms with Crippen molar-refractivity contribution in [3.8, 4) is 11.5 Å². The smallest absolute Gasteiger partial charge is 0.310 e. The molecule has 4 rings (SSSR count). The van der Waals surface area contributed by atoms with E-state index in [0.717, 1.165) is 32.9 Å². The molecule has 0 unspecified atom stereocenters. The highest BCUT2D eigenvalue weighted by Crippen LogP contribution is 2.29. The number of aromatic nitrogens is 1. The molecule has 0 aliphatic rings. The van der Waals surface area contributed by atoms with Crippen molar-refractivity contribution in [2.24, 2.45) is 0 Å². The lowest BCUT2D eigenvalue weighted by Gasteiger charge is -2.37. The number of hydrogen-bond acceptors (Lipinski definition) is 4. The largest absolute Gasteiger partial charge is 0.436 e.